The minimum Gasteiger partial charge on any atom is -0.426 e. The van der Waals surface area contributed by atoms with Gasteiger partial charge in [-0.3, -0.25) is 9.78 Å². The van der Waals surface area contributed by atoms with Crippen molar-refractivity contribution in [1.82, 2.24) is 4.98 Å². The van der Waals surface area contributed by atoms with Crippen LogP contribution in [-0.2, 0) is 4.79 Å². The molecule has 1 aromatic heterocycles. The highest BCUT2D eigenvalue weighted by molar-refractivity contribution is 5.90. The van der Waals surface area contributed by atoms with Crippen molar-refractivity contribution in [3.8, 4) is 5.75 Å². The SMILES string of the molecule is CCCC(=O)Oc1cccc2cnc(C)cc12. The number of ether oxygens (including phenoxy) is 1. The molecule has 0 radical (unpaired) electrons. The van der Waals surface area contributed by atoms with E-state index >= 15 is 0 Å². The van der Waals surface area contributed by atoms with Crippen LogP contribution in [0.4, 0.5) is 0 Å². The minimum absolute atomic E-state index is 0.186. The van der Waals surface area contributed by atoms with E-state index in [1.807, 2.05) is 38.1 Å². The summed E-state index contributed by atoms with van der Waals surface area (Å²) >= 11 is 0. The standard InChI is InChI=1S/C14H15NO2/c1-3-5-14(16)17-13-7-4-6-11-9-15-10(2)8-12(11)13/h4,6-9H,3,5H2,1-2H3. The molecule has 0 aliphatic heterocycles. The number of rotatable bonds is 3. The minimum atomic E-state index is -0.186. The lowest BCUT2D eigenvalue weighted by Crippen LogP contribution is -2.07. The van der Waals surface area contributed by atoms with Crippen LogP contribution in [0.5, 0.6) is 5.75 Å². The largest absolute Gasteiger partial charge is 0.426 e. The second-order valence-electron chi connectivity index (χ2n) is 4.03. The van der Waals surface area contributed by atoms with Gasteiger partial charge < -0.3 is 4.74 Å². The number of aromatic nitrogens is 1. The van der Waals surface area contributed by atoms with Gasteiger partial charge in [0, 0.05) is 29.1 Å². The van der Waals surface area contributed by atoms with E-state index < -0.39 is 0 Å². The van der Waals surface area contributed by atoms with Gasteiger partial charge in [0.15, 0.2) is 0 Å². The molecule has 3 nitrogen and oxygen atoms in total. The second kappa shape index (κ2) is 4.95. The number of nitrogens with zero attached hydrogens (tertiary/aromatic N) is 1. The summed E-state index contributed by atoms with van der Waals surface area (Å²) in [7, 11) is 0. The molecule has 0 saturated heterocycles. The van der Waals surface area contributed by atoms with Crippen molar-refractivity contribution in [2.24, 2.45) is 0 Å². The predicted molar refractivity (Wildman–Crippen MR) is 67.0 cm³/mol. The van der Waals surface area contributed by atoms with Gasteiger partial charge in [0.05, 0.1) is 0 Å². The second-order valence-corrected chi connectivity index (χ2v) is 4.03. The van der Waals surface area contributed by atoms with Gasteiger partial charge in [-0.05, 0) is 25.5 Å². The van der Waals surface area contributed by atoms with Crippen molar-refractivity contribution in [1.29, 1.82) is 0 Å². The van der Waals surface area contributed by atoms with Crippen LogP contribution in [-0.4, -0.2) is 11.0 Å². The molecule has 0 saturated carbocycles. The Morgan fingerprint density at radius 3 is 3.00 bits per heavy atom. The fraction of sp³-hybridized carbons (Fsp3) is 0.286. The molecule has 0 atom stereocenters. The van der Waals surface area contributed by atoms with E-state index in [1.165, 1.54) is 0 Å². The zero-order valence-corrected chi connectivity index (χ0v) is 10.1. The molecule has 17 heavy (non-hydrogen) atoms. The van der Waals surface area contributed by atoms with Gasteiger partial charge in [-0.1, -0.05) is 19.1 Å². The zero-order valence-electron chi connectivity index (χ0n) is 10.1. The molecule has 0 N–H and O–H groups in total. The van der Waals surface area contributed by atoms with E-state index in [9.17, 15) is 4.79 Å². The number of carbonyl (C=O) groups is 1. The van der Waals surface area contributed by atoms with Crippen molar-refractivity contribution in [3.63, 3.8) is 0 Å². The van der Waals surface area contributed by atoms with Crippen LogP contribution < -0.4 is 4.74 Å². The van der Waals surface area contributed by atoms with Gasteiger partial charge in [0.25, 0.3) is 0 Å². The van der Waals surface area contributed by atoms with E-state index in [1.54, 1.807) is 6.20 Å². The van der Waals surface area contributed by atoms with E-state index in [-0.39, 0.29) is 5.97 Å². The third kappa shape index (κ3) is 2.61. The Kier molecular flexibility index (Phi) is 3.38. The number of carbonyl (C=O) groups excluding carboxylic acids is 1. The molecule has 1 aromatic carbocycles. The lowest BCUT2D eigenvalue weighted by atomic mass is 10.1. The molecule has 0 aliphatic rings. The van der Waals surface area contributed by atoms with Crippen LogP contribution in [0, 0.1) is 6.92 Å². The molecule has 3 heteroatoms. The lowest BCUT2D eigenvalue weighted by Gasteiger charge is -2.07. The third-order valence-electron chi connectivity index (χ3n) is 2.54. The fourth-order valence-corrected chi connectivity index (χ4v) is 1.71. The van der Waals surface area contributed by atoms with Crippen molar-refractivity contribution in [2.75, 3.05) is 0 Å². The lowest BCUT2D eigenvalue weighted by molar-refractivity contribution is -0.134. The molecular formula is C14H15NO2. The summed E-state index contributed by atoms with van der Waals surface area (Å²) in [5, 5.41) is 1.92. The Hall–Kier alpha value is -1.90. The van der Waals surface area contributed by atoms with Crippen LogP contribution in [0.3, 0.4) is 0 Å². The predicted octanol–water partition coefficient (Wildman–Crippen LogP) is 3.25. The number of esters is 1. The maximum absolute atomic E-state index is 11.5. The Balaban J connectivity index is 2.39. The van der Waals surface area contributed by atoms with Gasteiger partial charge in [0.1, 0.15) is 5.75 Å². The molecule has 0 spiro atoms. The van der Waals surface area contributed by atoms with Crippen molar-refractivity contribution >= 4 is 16.7 Å². The highest BCUT2D eigenvalue weighted by atomic mass is 16.5. The summed E-state index contributed by atoms with van der Waals surface area (Å²) in [6.07, 6.45) is 3.03. The molecule has 0 fully saturated rings. The molecule has 2 rings (SSSR count). The number of benzene rings is 1. The Labute approximate surface area is 100 Å². The molecular weight excluding hydrogens is 214 g/mol. The van der Waals surface area contributed by atoms with Gasteiger partial charge in [0.2, 0.25) is 0 Å². The third-order valence-corrected chi connectivity index (χ3v) is 2.54. The average molecular weight is 229 g/mol. The number of hydrogen-bond donors (Lipinski definition) is 0. The quantitative estimate of drug-likeness (QED) is 0.599. The summed E-state index contributed by atoms with van der Waals surface area (Å²) in [5.41, 5.74) is 0.913. The van der Waals surface area contributed by atoms with Gasteiger partial charge in [-0.15, -0.1) is 0 Å². The number of aryl methyl sites for hydroxylation is 1. The van der Waals surface area contributed by atoms with Crippen molar-refractivity contribution in [2.45, 2.75) is 26.7 Å². The molecule has 1 heterocycles. The first-order valence-electron chi connectivity index (χ1n) is 5.76. The molecule has 88 valence electrons. The maximum Gasteiger partial charge on any atom is 0.311 e. The Bertz CT molecular complexity index is 549. The zero-order chi connectivity index (χ0) is 12.3. The summed E-state index contributed by atoms with van der Waals surface area (Å²) in [6.45, 7) is 3.88. The normalized spacial score (nSPS) is 10.5. The fourth-order valence-electron chi connectivity index (χ4n) is 1.71. The van der Waals surface area contributed by atoms with Gasteiger partial charge >= 0.3 is 5.97 Å². The first-order valence-corrected chi connectivity index (χ1v) is 5.76. The van der Waals surface area contributed by atoms with Crippen LogP contribution >= 0.6 is 0 Å². The highest BCUT2D eigenvalue weighted by Gasteiger charge is 2.07. The summed E-state index contributed by atoms with van der Waals surface area (Å²) < 4.78 is 5.36. The maximum atomic E-state index is 11.5. The number of pyridine rings is 1. The first-order chi connectivity index (χ1) is 8.20. The van der Waals surface area contributed by atoms with E-state index in [0.717, 1.165) is 22.9 Å². The summed E-state index contributed by atoms with van der Waals surface area (Å²) in [5.74, 6) is 0.431. The van der Waals surface area contributed by atoms with Crippen LogP contribution in [0.25, 0.3) is 10.8 Å². The Morgan fingerprint density at radius 1 is 1.41 bits per heavy atom. The number of fused-ring (bicyclic) bond motifs is 1. The van der Waals surface area contributed by atoms with Crippen LogP contribution in [0.15, 0.2) is 30.5 Å². The number of hydrogen-bond acceptors (Lipinski definition) is 3. The average Bonchev–Trinajstić information content (AvgIpc) is 2.30. The van der Waals surface area contributed by atoms with Gasteiger partial charge in [-0.2, -0.15) is 0 Å². The topological polar surface area (TPSA) is 39.2 Å². The summed E-state index contributed by atoms with van der Waals surface area (Å²) in [4.78, 5) is 15.7. The Morgan fingerprint density at radius 2 is 2.24 bits per heavy atom. The first kappa shape index (κ1) is 11.6. The smallest absolute Gasteiger partial charge is 0.311 e. The van der Waals surface area contributed by atoms with E-state index in [2.05, 4.69) is 4.98 Å². The van der Waals surface area contributed by atoms with Crippen LogP contribution in [0.2, 0.25) is 0 Å². The van der Waals surface area contributed by atoms with E-state index in [4.69, 9.17) is 4.74 Å². The highest BCUT2D eigenvalue weighted by Crippen LogP contribution is 2.25. The monoisotopic (exact) mass is 229 g/mol. The molecule has 0 unspecified atom stereocenters. The van der Waals surface area contributed by atoms with E-state index in [0.29, 0.717) is 12.2 Å². The van der Waals surface area contributed by atoms with Crippen LogP contribution in [0.1, 0.15) is 25.5 Å². The molecule has 0 amide bonds. The molecule has 0 bridgehead atoms. The summed E-state index contributed by atoms with van der Waals surface area (Å²) in [6, 6.07) is 7.58. The van der Waals surface area contributed by atoms with Gasteiger partial charge in [-0.25, -0.2) is 0 Å². The molecule has 0 aliphatic carbocycles. The van der Waals surface area contributed by atoms with Crippen molar-refractivity contribution < 1.29 is 9.53 Å². The molecule has 2 aromatic rings. The van der Waals surface area contributed by atoms with Crippen molar-refractivity contribution in [3.05, 3.63) is 36.2 Å².